The number of carbonyl (C=O) groups excluding carboxylic acids is 2. The molecule has 0 aliphatic rings. The number of hydrogen-bond donors (Lipinski definition) is 4. The van der Waals surface area contributed by atoms with Crippen LogP contribution >= 0.6 is 0 Å². The fourth-order valence-electron chi connectivity index (χ4n) is 1.61. The van der Waals surface area contributed by atoms with Crippen LogP contribution in [0.15, 0.2) is 65.7 Å². The number of nitrogens with one attached hydrogen (secondary N) is 2. The molecule has 2 amide bonds. The van der Waals surface area contributed by atoms with Crippen molar-refractivity contribution in [3.05, 3.63) is 71.8 Å². The van der Waals surface area contributed by atoms with E-state index in [-0.39, 0.29) is 6.03 Å². The average Bonchev–Trinajstić information content (AvgIpc) is 2.67. The molecular weight excluding hydrogens is 332 g/mol. The maximum Gasteiger partial charge on any atom is 0.331 e. The Morgan fingerprint density at radius 2 is 1.54 bits per heavy atom. The first-order chi connectivity index (χ1) is 12.5. The van der Waals surface area contributed by atoms with Crippen LogP contribution in [0.25, 0.3) is 0 Å². The lowest BCUT2D eigenvalue weighted by molar-refractivity contribution is 0.209. The Kier molecular flexibility index (Phi) is 13.7. The van der Waals surface area contributed by atoms with E-state index < -0.39 is 0 Å². The fourth-order valence-corrected chi connectivity index (χ4v) is 1.61. The van der Waals surface area contributed by atoms with Crippen LogP contribution in [0.2, 0.25) is 0 Å². The van der Waals surface area contributed by atoms with Gasteiger partial charge in [0.25, 0.3) is 0 Å². The number of nitrogens with zero attached hydrogens (tertiary/aromatic N) is 2. The summed E-state index contributed by atoms with van der Waals surface area (Å²) < 4.78 is 0. The summed E-state index contributed by atoms with van der Waals surface area (Å²) in [5.74, 6) is 9.82. The number of urea groups is 1. The van der Waals surface area contributed by atoms with Gasteiger partial charge in [-0.1, -0.05) is 60.7 Å². The smallest absolute Gasteiger partial charge is 0.331 e. The van der Waals surface area contributed by atoms with E-state index in [9.17, 15) is 9.59 Å². The van der Waals surface area contributed by atoms with Crippen molar-refractivity contribution in [1.29, 1.82) is 0 Å². The number of nitrogens with two attached hydrogens (primary N) is 2. The van der Waals surface area contributed by atoms with Crippen molar-refractivity contribution in [3.63, 3.8) is 0 Å². The third kappa shape index (κ3) is 12.4. The van der Waals surface area contributed by atoms with E-state index in [4.69, 9.17) is 5.84 Å². The topological polar surface area (TPSA) is 126 Å². The number of carbonyl (C=O) groups is 1. The second-order valence-electron chi connectivity index (χ2n) is 4.94. The normalized spacial score (nSPS) is 8.62. The molecule has 0 fully saturated rings. The van der Waals surface area contributed by atoms with E-state index in [1.54, 1.807) is 7.05 Å². The molecule has 0 aliphatic heterocycles. The number of hydrazine groups is 2. The zero-order chi connectivity index (χ0) is 19.6. The highest BCUT2D eigenvalue weighted by Gasteiger charge is 2.01. The molecule has 0 atom stereocenters. The maximum absolute atomic E-state index is 11.0. The van der Waals surface area contributed by atoms with E-state index in [2.05, 4.69) is 21.6 Å². The molecule has 2 aromatic carbocycles. The van der Waals surface area contributed by atoms with Crippen LogP contribution in [0.3, 0.4) is 0 Å². The summed E-state index contributed by atoms with van der Waals surface area (Å²) in [5.41, 5.74) is 4.34. The van der Waals surface area contributed by atoms with Crippen molar-refractivity contribution in [1.82, 2.24) is 15.8 Å². The lowest BCUT2D eigenvalue weighted by Crippen LogP contribution is -2.41. The zero-order valence-corrected chi connectivity index (χ0v) is 15.1. The highest BCUT2D eigenvalue weighted by Crippen LogP contribution is 1.98. The monoisotopic (exact) mass is 358 g/mol. The second kappa shape index (κ2) is 15.5. The summed E-state index contributed by atoms with van der Waals surface area (Å²) in [5, 5.41) is 3.68. The molecule has 0 saturated heterocycles. The van der Waals surface area contributed by atoms with E-state index >= 15 is 0 Å². The molecule has 0 bridgehead atoms. The van der Waals surface area contributed by atoms with E-state index in [1.807, 2.05) is 60.7 Å². The predicted octanol–water partition coefficient (Wildman–Crippen LogP) is 1.30. The molecule has 6 N–H and O–H groups in total. The Morgan fingerprint density at radius 3 is 1.96 bits per heavy atom. The van der Waals surface area contributed by atoms with Crippen LogP contribution in [-0.4, -0.2) is 31.2 Å². The number of rotatable bonds is 4. The van der Waals surface area contributed by atoms with E-state index in [1.165, 1.54) is 13.1 Å². The molecular formula is C18H26N6O2. The van der Waals surface area contributed by atoms with Gasteiger partial charge in [0.15, 0.2) is 0 Å². The van der Waals surface area contributed by atoms with Crippen LogP contribution in [-0.2, 0) is 17.9 Å². The number of hydrogen-bond acceptors (Lipinski definition) is 6. The van der Waals surface area contributed by atoms with Gasteiger partial charge in [-0.3, -0.25) is 16.3 Å². The van der Waals surface area contributed by atoms with Crippen molar-refractivity contribution in [2.45, 2.75) is 13.1 Å². The van der Waals surface area contributed by atoms with E-state index in [0.29, 0.717) is 13.1 Å². The highest BCUT2D eigenvalue weighted by atomic mass is 16.2. The molecule has 140 valence electrons. The molecule has 0 saturated carbocycles. The van der Waals surface area contributed by atoms with Crippen LogP contribution in [0.5, 0.6) is 0 Å². The number of benzene rings is 2. The first-order valence-corrected chi connectivity index (χ1v) is 7.80. The fraction of sp³-hybridized carbons (Fsp3) is 0.222. The third-order valence-electron chi connectivity index (χ3n) is 2.78. The van der Waals surface area contributed by atoms with Crippen molar-refractivity contribution in [3.8, 4) is 0 Å². The first-order valence-electron chi connectivity index (χ1n) is 7.80. The van der Waals surface area contributed by atoms with E-state index in [0.717, 1.165) is 16.1 Å². The molecule has 0 radical (unpaired) electrons. The number of amides is 2. The molecule has 26 heavy (non-hydrogen) atoms. The summed E-state index contributed by atoms with van der Waals surface area (Å²) in [6.07, 6.45) is 1.49. The Morgan fingerprint density at radius 1 is 1.08 bits per heavy atom. The van der Waals surface area contributed by atoms with Crippen LogP contribution in [0.4, 0.5) is 4.79 Å². The SMILES string of the molecule is CN(N)C(=O)NCc1ccccc1.CNN.O=C=NCc1ccccc1. The quantitative estimate of drug-likeness (QED) is 0.215. The molecule has 0 aromatic heterocycles. The lowest BCUT2D eigenvalue weighted by atomic mass is 10.2. The molecule has 8 nitrogen and oxygen atoms in total. The summed E-state index contributed by atoms with van der Waals surface area (Å²) in [6, 6.07) is 19.0. The number of isocyanates is 1. The Bertz CT molecular complexity index is 643. The Balaban J connectivity index is 0.000000428. The van der Waals surface area contributed by atoms with Gasteiger partial charge in [-0.2, -0.15) is 0 Å². The lowest BCUT2D eigenvalue weighted by Gasteiger charge is -2.11. The largest absolute Gasteiger partial charge is 0.333 e. The van der Waals surface area contributed by atoms with Gasteiger partial charge in [0.2, 0.25) is 6.08 Å². The Hall–Kier alpha value is -3.03. The molecule has 2 aromatic rings. The van der Waals surface area contributed by atoms with Crippen LogP contribution < -0.4 is 22.4 Å². The number of aliphatic imine (C=N–C) groups is 1. The highest BCUT2D eigenvalue weighted by molar-refractivity contribution is 5.73. The minimum Gasteiger partial charge on any atom is -0.333 e. The Labute approximate surface area is 153 Å². The van der Waals surface area contributed by atoms with Gasteiger partial charge in [0.1, 0.15) is 0 Å². The van der Waals surface area contributed by atoms with Gasteiger partial charge in [-0.05, 0) is 18.2 Å². The van der Waals surface area contributed by atoms with Crippen molar-refractivity contribution >= 4 is 12.1 Å². The molecule has 0 unspecified atom stereocenters. The zero-order valence-electron chi connectivity index (χ0n) is 15.1. The average molecular weight is 358 g/mol. The van der Waals surface area contributed by atoms with Crippen molar-refractivity contribution in [2.24, 2.45) is 16.7 Å². The van der Waals surface area contributed by atoms with Crippen LogP contribution in [0, 0.1) is 0 Å². The van der Waals surface area contributed by atoms with Gasteiger partial charge in [0, 0.05) is 13.6 Å². The predicted molar refractivity (Wildman–Crippen MR) is 102 cm³/mol. The van der Waals surface area contributed by atoms with Gasteiger partial charge < -0.3 is 5.32 Å². The molecule has 0 spiro atoms. The minimum absolute atomic E-state index is 0.288. The molecule has 0 heterocycles. The molecule has 2 rings (SSSR count). The summed E-state index contributed by atoms with van der Waals surface area (Å²) in [4.78, 5) is 24.1. The minimum atomic E-state index is -0.288. The summed E-state index contributed by atoms with van der Waals surface area (Å²) in [7, 11) is 3.15. The van der Waals surface area contributed by atoms with Gasteiger partial charge in [0.05, 0.1) is 6.54 Å². The third-order valence-corrected chi connectivity index (χ3v) is 2.78. The van der Waals surface area contributed by atoms with Gasteiger partial charge >= 0.3 is 6.03 Å². The van der Waals surface area contributed by atoms with Gasteiger partial charge in [-0.15, -0.1) is 0 Å². The first kappa shape index (κ1) is 23.0. The maximum atomic E-state index is 11.0. The van der Waals surface area contributed by atoms with Crippen molar-refractivity contribution < 1.29 is 9.59 Å². The summed E-state index contributed by atoms with van der Waals surface area (Å²) >= 11 is 0. The van der Waals surface area contributed by atoms with Gasteiger partial charge in [-0.25, -0.2) is 20.4 Å². The van der Waals surface area contributed by atoms with Crippen LogP contribution in [0.1, 0.15) is 11.1 Å². The second-order valence-corrected chi connectivity index (χ2v) is 4.94. The summed E-state index contributed by atoms with van der Waals surface area (Å²) in [6.45, 7) is 0.936. The standard InChI is InChI=1S/C9H13N3O.C8H7NO.CH6N2/c1-12(10)9(13)11-7-8-5-3-2-4-6-8;10-7-9-6-8-4-2-1-3-5-8;1-3-2/h2-6H,7,10H2,1H3,(H,11,13);1-5H,6H2;3H,2H2,1H3. The van der Waals surface area contributed by atoms with Crippen molar-refractivity contribution in [2.75, 3.05) is 14.1 Å². The molecule has 0 aliphatic carbocycles. The molecule has 8 heteroatoms.